The molecule has 2 aliphatic heterocycles. The molecule has 0 spiro atoms. The molecule has 1 fully saturated rings. The Kier molecular flexibility index (Phi) is 5.34. The fourth-order valence-electron chi connectivity index (χ4n) is 4.23. The second kappa shape index (κ2) is 8.31. The predicted molar refractivity (Wildman–Crippen MR) is 121 cm³/mol. The molecule has 10 heteroatoms. The monoisotopic (exact) mass is 455 g/mol. The first-order valence-electron chi connectivity index (χ1n) is 10.4. The first-order chi connectivity index (χ1) is 15.5. The maximum absolute atomic E-state index is 13.7. The summed E-state index contributed by atoms with van der Waals surface area (Å²) in [4.78, 5) is 12.6. The molecule has 32 heavy (non-hydrogen) atoms. The molecule has 5 rings (SSSR count). The van der Waals surface area contributed by atoms with Gasteiger partial charge in [0.1, 0.15) is 23.3 Å². The topological polar surface area (TPSA) is 85.3 Å². The molecule has 2 aromatic heterocycles. The Labute approximate surface area is 190 Å². The van der Waals surface area contributed by atoms with Crippen molar-refractivity contribution in [2.24, 2.45) is 0 Å². The van der Waals surface area contributed by atoms with Gasteiger partial charge in [-0.15, -0.1) is 0 Å². The van der Waals surface area contributed by atoms with Crippen LogP contribution in [0.3, 0.4) is 0 Å². The molecule has 3 aromatic rings. The number of hydrogen-bond acceptors (Lipinski definition) is 7. The summed E-state index contributed by atoms with van der Waals surface area (Å²) >= 11 is 5.99. The molecule has 0 bridgehead atoms. The summed E-state index contributed by atoms with van der Waals surface area (Å²) in [5.74, 6) is 1.17. The van der Waals surface area contributed by atoms with E-state index in [1.807, 2.05) is 13.1 Å². The van der Waals surface area contributed by atoms with Crippen LogP contribution in [0.2, 0.25) is 5.15 Å². The van der Waals surface area contributed by atoms with Crippen molar-refractivity contribution < 1.29 is 9.13 Å². The zero-order valence-corrected chi connectivity index (χ0v) is 18.3. The Morgan fingerprint density at radius 2 is 2.16 bits per heavy atom. The molecular formula is C22H23ClFN7O. The minimum atomic E-state index is -0.238. The number of fused-ring (bicyclic) bond motifs is 3. The fourth-order valence-corrected chi connectivity index (χ4v) is 4.42. The molecule has 0 saturated carbocycles. The highest BCUT2D eigenvalue weighted by Crippen LogP contribution is 2.35. The van der Waals surface area contributed by atoms with Crippen LogP contribution in [0.25, 0.3) is 5.82 Å². The minimum Gasteiger partial charge on any atom is -0.489 e. The Morgan fingerprint density at radius 3 is 3.00 bits per heavy atom. The largest absolute Gasteiger partial charge is 0.489 e. The Bertz CT molecular complexity index is 1160. The summed E-state index contributed by atoms with van der Waals surface area (Å²) in [6.07, 6.45) is 6.80. The van der Waals surface area contributed by atoms with Gasteiger partial charge in [-0.1, -0.05) is 17.7 Å². The average molecular weight is 456 g/mol. The molecule has 4 heterocycles. The number of nitrogens with zero attached hydrogens (tertiary/aromatic N) is 6. The van der Waals surface area contributed by atoms with Crippen molar-refractivity contribution >= 4 is 23.2 Å². The third-order valence-electron chi connectivity index (χ3n) is 5.86. The van der Waals surface area contributed by atoms with Gasteiger partial charge in [0.2, 0.25) is 5.95 Å². The van der Waals surface area contributed by atoms with Gasteiger partial charge in [-0.05, 0) is 37.2 Å². The van der Waals surface area contributed by atoms with Crippen molar-refractivity contribution in [2.45, 2.75) is 19.4 Å². The average Bonchev–Trinajstić information content (AvgIpc) is 3.13. The van der Waals surface area contributed by atoms with Crippen LogP contribution >= 0.6 is 11.6 Å². The van der Waals surface area contributed by atoms with Crippen LogP contribution in [0.4, 0.5) is 16.0 Å². The van der Waals surface area contributed by atoms with Gasteiger partial charge in [0.05, 0.1) is 17.9 Å². The molecule has 1 saturated heterocycles. The first-order valence-corrected chi connectivity index (χ1v) is 10.8. The third kappa shape index (κ3) is 3.95. The molecule has 2 aliphatic rings. The van der Waals surface area contributed by atoms with Gasteiger partial charge in [-0.2, -0.15) is 10.1 Å². The number of anilines is 2. The highest BCUT2D eigenvalue weighted by Gasteiger charge is 2.32. The van der Waals surface area contributed by atoms with E-state index in [-0.39, 0.29) is 23.0 Å². The lowest BCUT2D eigenvalue weighted by Crippen LogP contribution is -2.55. The number of allylic oxidation sites excluding steroid dienone is 1. The molecule has 1 atom stereocenters. The van der Waals surface area contributed by atoms with Crippen molar-refractivity contribution in [3.63, 3.8) is 0 Å². The second-order valence-electron chi connectivity index (χ2n) is 7.93. The van der Waals surface area contributed by atoms with Gasteiger partial charge in [0, 0.05) is 37.5 Å². The van der Waals surface area contributed by atoms with Crippen molar-refractivity contribution in [1.82, 2.24) is 24.6 Å². The van der Waals surface area contributed by atoms with Crippen LogP contribution in [0.15, 0.2) is 42.7 Å². The molecule has 1 unspecified atom stereocenters. The van der Waals surface area contributed by atoms with Crippen LogP contribution < -0.4 is 15.4 Å². The van der Waals surface area contributed by atoms with Crippen LogP contribution in [-0.2, 0) is 6.42 Å². The summed E-state index contributed by atoms with van der Waals surface area (Å²) in [7, 11) is 0. The van der Waals surface area contributed by atoms with Gasteiger partial charge in [0.25, 0.3) is 0 Å². The van der Waals surface area contributed by atoms with Crippen molar-refractivity contribution in [2.75, 3.05) is 36.9 Å². The van der Waals surface area contributed by atoms with Crippen LogP contribution in [-0.4, -0.2) is 56.9 Å². The minimum absolute atomic E-state index is 0.111. The van der Waals surface area contributed by atoms with E-state index in [9.17, 15) is 4.39 Å². The second-order valence-corrected chi connectivity index (χ2v) is 8.32. The van der Waals surface area contributed by atoms with E-state index in [4.69, 9.17) is 22.1 Å². The SMILES string of the molecule is Cc1c(CC=CN2CCN3c4cc(F)ccc4OCC3C2)cnn1-c1cc(Cl)nc(N)n1. The molecular weight excluding hydrogens is 433 g/mol. The number of aromatic nitrogens is 4. The number of nitrogen functional groups attached to an aromatic ring is 1. The molecule has 0 amide bonds. The molecule has 1 aromatic carbocycles. The van der Waals surface area contributed by atoms with Crippen LogP contribution in [0, 0.1) is 12.7 Å². The molecule has 2 N–H and O–H groups in total. The van der Waals surface area contributed by atoms with Gasteiger partial charge in [-0.25, -0.2) is 14.1 Å². The highest BCUT2D eigenvalue weighted by molar-refractivity contribution is 6.29. The van der Waals surface area contributed by atoms with E-state index in [2.05, 4.69) is 37.1 Å². The summed E-state index contributed by atoms with van der Waals surface area (Å²) in [6.45, 7) is 5.08. The zero-order chi connectivity index (χ0) is 22.2. The van der Waals surface area contributed by atoms with Crippen molar-refractivity contribution in [1.29, 1.82) is 0 Å². The normalized spacial score (nSPS) is 17.9. The number of nitrogens with two attached hydrogens (primary N) is 1. The number of benzene rings is 1. The summed E-state index contributed by atoms with van der Waals surface area (Å²) < 4.78 is 21.3. The lowest BCUT2D eigenvalue weighted by Gasteiger charge is -2.45. The number of hydrogen-bond donors (Lipinski definition) is 1. The molecule has 8 nitrogen and oxygen atoms in total. The molecule has 166 valence electrons. The highest BCUT2D eigenvalue weighted by atomic mass is 35.5. The summed E-state index contributed by atoms with van der Waals surface area (Å²) in [5, 5.41) is 4.70. The summed E-state index contributed by atoms with van der Waals surface area (Å²) in [5.41, 5.74) is 8.59. The number of rotatable bonds is 4. The van der Waals surface area contributed by atoms with E-state index in [0.29, 0.717) is 12.4 Å². The van der Waals surface area contributed by atoms with Gasteiger partial charge in [0.15, 0.2) is 5.82 Å². The first kappa shape index (κ1) is 20.6. The lowest BCUT2D eigenvalue weighted by atomic mass is 10.1. The quantitative estimate of drug-likeness (QED) is 0.605. The van der Waals surface area contributed by atoms with E-state index in [1.165, 1.54) is 6.07 Å². The van der Waals surface area contributed by atoms with Crippen molar-refractivity contribution in [3.05, 3.63) is 65.0 Å². The Balaban J connectivity index is 1.24. The van der Waals surface area contributed by atoms with E-state index < -0.39 is 0 Å². The standard InChI is InChI=1S/C22H23ClFN7O/c1-14-15(11-26-31(14)21-10-20(23)27-22(25)28-21)3-2-6-29-7-8-30-17(12-29)13-32-19-5-4-16(24)9-18(19)30/h2,4-6,9-11,17H,3,7-8,12-13H2,1H3,(H2,25,27,28). The number of halogens is 2. The Hall–Kier alpha value is -3.33. The lowest BCUT2D eigenvalue weighted by molar-refractivity contribution is 0.200. The fraction of sp³-hybridized carbons (Fsp3) is 0.318. The number of ether oxygens (including phenoxy) is 1. The van der Waals surface area contributed by atoms with E-state index in [0.717, 1.165) is 48.7 Å². The van der Waals surface area contributed by atoms with Crippen LogP contribution in [0.1, 0.15) is 11.3 Å². The van der Waals surface area contributed by atoms with Crippen molar-refractivity contribution in [3.8, 4) is 11.6 Å². The smallest absolute Gasteiger partial charge is 0.223 e. The van der Waals surface area contributed by atoms with Gasteiger partial charge >= 0.3 is 0 Å². The predicted octanol–water partition coefficient (Wildman–Crippen LogP) is 2.98. The third-order valence-corrected chi connectivity index (χ3v) is 6.05. The molecule has 0 radical (unpaired) electrons. The zero-order valence-electron chi connectivity index (χ0n) is 17.6. The van der Waals surface area contributed by atoms with E-state index in [1.54, 1.807) is 22.9 Å². The summed E-state index contributed by atoms with van der Waals surface area (Å²) in [6, 6.07) is 6.54. The van der Waals surface area contributed by atoms with Gasteiger partial charge in [-0.3, -0.25) is 0 Å². The number of piperazine rings is 1. The maximum atomic E-state index is 13.7. The van der Waals surface area contributed by atoms with Gasteiger partial charge < -0.3 is 20.3 Å². The van der Waals surface area contributed by atoms with E-state index >= 15 is 0 Å². The van der Waals surface area contributed by atoms with Crippen LogP contribution in [0.5, 0.6) is 5.75 Å². The molecule has 0 aliphatic carbocycles. The maximum Gasteiger partial charge on any atom is 0.223 e. The Morgan fingerprint density at radius 1 is 1.28 bits per heavy atom.